The van der Waals surface area contributed by atoms with E-state index >= 15 is 0 Å². The Bertz CT molecular complexity index is 1030. The lowest BCUT2D eigenvalue weighted by molar-refractivity contribution is 0.133. The Labute approximate surface area is 167 Å². The Morgan fingerprint density at radius 3 is 2.93 bits per heavy atom. The molecule has 0 atom stereocenters. The minimum absolute atomic E-state index is 0.260. The third-order valence-corrected chi connectivity index (χ3v) is 4.25. The van der Waals surface area contributed by atoms with Gasteiger partial charge in [0.05, 0.1) is 18.1 Å². The van der Waals surface area contributed by atoms with Crippen molar-refractivity contribution in [3.8, 4) is 11.3 Å². The number of aromatic nitrogens is 4. The SMILES string of the molecule is CC(C)N1NN=C(CCNC(=O)Nc2cn3cc(-c4cccnc4)ncc3n2)N1. The molecule has 150 valence electrons. The van der Waals surface area contributed by atoms with Crippen molar-refractivity contribution in [2.75, 3.05) is 11.9 Å². The lowest BCUT2D eigenvalue weighted by atomic mass is 10.2. The Balaban J connectivity index is 1.31. The van der Waals surface area contributed by atoms with Gasteiger partial charge >= 0.3 is 6.03 Å². The number of rotatable bonds is 6. The summed E-state index contributed by atoms with van der Waals surface area (Å²) in [6.45, 7) is 4.51. The summed E-state index contributed by atoms with van der Waals surface area (Å²) < 4.78 is 1.81. The fraction of sp³-hybridized carbons (Fsp3) is 0.278. The number of hydrazine groups is 2. The minimum Gasteiger partial charge on any atom is -0.337 e. The van der Waals surface area contributed by atoms with Crippen LogP contribution in [0.15, 0.2) is 48.2 Å². The van der Waals surface area contributed by atoms with Crippen LogP contribution in [0, 0.1) is 0 Å². The fourth-order valence-electron chi connectivity index (χ4n) is 2.74. The Morgan fingerprint density at radius 1 is 1.28 bits per heavy atom. The number of hydrogen-bond acceptors (Lipinski definition) is 8. The van der Waals surface area contributed by atoms with E-state index in [2.05, 4.69) is 41.6 Å². The highest BCUT2D eigenvalue weighted by molar-refractivity contribution is 5.89. The summed E-state index contributed by atoms with van der Waals surface area (Å²) >= 11 is 0. The normalized spacial score (nSPS) is 13.8. The van der Waals surface area contributed by atoms with Crippen molar-refractivity contribution >= 4 is 23.3 Å². The fourth-order valence-corrected chi connectivity index (χ4v) is 2.74. The summed E-state index contributed by atoms with van der Waals surface area (Å²) in [5.74, 6) is 1.21. The number of amides is 2. The van der Waals surface area contributed by atoms with Gasteiger partial charge in [0.1, 0.15) is 5.84 Å². The predicted molar refractivity (Wildman–Crippen MR) is 109 cm³/mol. The third kappa shape index (κ3) is 4.41. The minimum atomic E-state index is -0.332. The lowest BCUT2D eigenvalue weighted by Crippen LogP contribution is -2.46. The second kappa shape index (κ2) is 8.10. The molecule has 4 heterocycles. The number of hydrogen-bond donors (Lipinski definition) is 4. The average molecular weight is 394 g/mol. The smallest absolute Gasteiger partial charge is 0.320 e. The topological polar surface area (TPSA) is 124 Å². The van der Waals surface area contributed by atoms with E-state index in [4.69, 9.17) is 0 Å². The van der Waals surface area contributed by atoms with E-state index in [0.717, 1.165) is 17.1 Å². The molecule has 11 nitrogen and oxygen atoms in total. The van der Waals surface area contributed by atoms with Crippen LogP contribution in [-0.2, 0) is 0 Å². The molecule has 0 aliphatic carbocycles. The van der Waals surface area contributed by atoms with Gasteiger partial charge in [-0.05, 0) is 26.0 Å². The van der Waals surface area contributed by atoms with Gasteiger partial charge in [0.25, 0.3) is 0 Å². The summed E-state index contributed by atoms with van der Waals surface area (Å²) in [5, 5.41) is 11.5. The predicted octanol–water partition coefficient (Wildman–Crippen LogP) is 1.35. The summed E-state index contributed by atoms with van der Waals surface area (Å²) in [6, 6.07) is 3.72. The summed E-state index contributed by atoms with van der Waals surface area (Å²) in [4.78, 5) is 25.0. The van der Waals surface area contributed by atoms with Crippen molar-refractivity contribution in [1.82, 2.24) is 40.7 Å². The maximum atomic E-state index is 12.1. The maximum Gasteiger partial charge on any atom is 0.320 e. The van der Waals surface area contributed by atoms with Crippen LogP contribution in [0.25, 0.3) is 16.9 Å². The second-order valence-corrected chi connectivity index (χ2v) is 6.77. The van der Waals surface area contributed by atoms with Crippen LogP contribution in [0.4, 0.5) is 10.6 Å². The Morgan fingerprint density at radius 2 is 2.17 bits per heavy atom. The zero-order valence-electron chi connectivity index (χ0n) is 16.1. The van der Waals surface area contributed by atoms with Crippen molar-refractivity contribution in [3.63, 3.8) is 0 Å². The molecule has 0 radical (unpaired) electrons. The van der Waals surface area contributed by atoms with Gasteiger partial charge in [-0.15, -0.1) is 10.2 Å². The van der Waals surface area contributed by atoms with Crippen molar-refractivity contribution in [3.05, 3.63) is 43.1 Å². The molecule has 3 aromatic heterocycles. The molecule has 0 saturated heterocycles. The number of imidazole rings is 1. The first-order chi connectivity index (χ1) is 14.1. The Kier molecular flexibility index (Phi) is 5.20. The van der Waals surface area contributed by atoms with Crippen LogP contribution in [0.5, 0.6) is 0 Å². The first-order valence-corrected chi connectivity index (χ1v) is 9.26. The first kappa shape index (κ1) is 18.6. The maximum absolute atomic E-state index is 12.1. The van der Waals surface area contributed by atoms with E-state index in [-0.39, 0.29) is 12.1 Å². The monoisotopic (exact) mass is 394 g/mol. The number of hydrazone groups is 1. The molecule has 0 unspecified atom stereocenters. The molecule has 0 spiro atoms. The Hall–Kier alpha value is -3.73. The van der Waals surface area contributed by atoms with E-state index in [9.17, 15) is 4.79 Å². The van der Waals surface area contributed by atoms with E-state index < -0.39 is 0 Å². The van der Waals surface area contributed by atoms with Crippen LogP contribution >= 0.6 is 0 Å². The molecule has 4 rings (SSSR count). The molecule has 0 aromatic carbocycles. The number of pyridine rings is 1. The highest BCUT2D eigenvalue weighted by atomic mass is 16.2. The summed E-state index contributed by atoms with van der Waals surface area (Å²) in [7, 11) is 0. The number of anilines is 1. The molecule has 0 bridgehead atoms. The molecule has 11 heteroatoms. The zero-order chi connectivity index (χ0) is 20.2. The second-order valence-electron chi connectivity index (χ2n) is 6.77. The highest BCUT2D eigenvalue weighted by Crippen LogP contribution is 2.17. The summed E-state index contributed by atoms with van der Waals surface area (Å²) in [6.07, 6.45) is 9.28. The van der Waals surface area contributed by atoms with Crippen LogP contribution < -0.4 is 21.6 Å². The standard InChI is InChI=1S/C18H22N10O/c1-12(2)28-25-15(24-26-28)5-7-20-18(29)23-16-11-27-10-14(21-9-17(27)22-16)13-4-3-6-19-8-13/h3-4,6,8-12,26H,5,7H2,1-2H3,(H,24,25)(H2,20,23,29). The van der Waals surface area contributed by atoms with Crippen LogP contribution in [0.1, 0.15) is 20.3 Å². The zero-order valence-corrected chi connectivity index (χ0v) is 16.1. The number of amidine groups is 1. The molecule has 1 aliphatic rings. The highest BCUT2D eigenvalue weighted by Gasteiger charge is 2.16. The van der Waals surface area contributed by atoms with Gasteiger partial charge in [-0.1, -0.05) is 0 Å². The van der Waals surface area contributed by atoms with Crippen LogP contribution in [0.2, 0.25) is 0 Å². The number of carbonyl (C=O) groups excluding carboxylic acids is 1. The van der Waals surface area contributed by atoms with E-state index in [0.29, 0.717) is 24.4 Å². The summed E-state index contributed by atoms with van der Waals surface area (Å²) in [5.41, 5.74) is 8.31. The van der Waals surface area contributed by atoms with Crippen LogP contribution in [-0.4, -0.2) is 48.9 Å². The number of nitrogens with one attached hydrogen (secondary N) is 4. The van der Waals surface area contributed by atoms with Crippen molar-refractivity contribution in [1.29, 1.82) is 0 Å². The van der Waals surface area contributed by atoms with E-state index in [1.165, 1.54) is 0 Å². The van der Waals surface area contributed by atoms with E-state index in [1.807, 2.05) is 36.6 Å². The molecule has 2 amide bonds. The molecule has 0 fully saturated rings. The molecular formula is C18H22N10O. The van der Waals surface area contributed by atoms with Gasteiger partial charge in [-0.3, -0.25) is 20.7 Å². The largest absolute Gasteiger partial charge is 0.337 e. The number of urea groups is 1. The molecular weight excluding hydrogens is 372 g/mol. The first-order valence-electron chi connectivity index (χ1n) is 9.26. The van der Waals surface area contributed by atoms with Crippen molar-refractivity contribution in [2.45, 2.75) is 26.3 Å². The van der Waals surface area contributed by atoms with Gasteiger partial charge in [0.15, 0.2) is 11.5 Å². The van der Waals surface area contributed by atoms with Gasteiger partial charge in [-0.2, -0.15) is 0 Å². The molecule has 29 heavy (non-hydrogen) atoms. The number of fused-ring (bicyclic) bond motifs is 1. The van der Waals surface area contributed by atoms with Gasteiger partial charge in [-0.25, -0.2) is 15.3 Å². The molecule has 4 N–H and O–H groups in total. The molecule has 3 aromatic rings. The third-order valence-electron chi connectivity index (χ3n) is 4.25. The molecule has 1 aliphatic heterocycles. The van der Waals surface area contributed by atoms with Gasteiger partial charge in [0, 0.05) is 43.2 Å². The quantitative estimate of drug-likeness (QED) is 0.497. The van der Waals surface area contributed by atoms with E-state index in [1.54, 1.807) is 29.9 Å². The lowest BCUT2D eigenvalue weighted by Gasteiger charge is -2.19. The van der Waals surface area contributed by atoms with Crippen LogP contribution in [0.3, 0.4) is 0 Å². The molecule has 0 saturated carbocycles. The number of nitrogens with zero attached hydrogens (tertiary/aromatic N) is 6. The van der Waals surface area contributed by atoms with Gasteiger partial charge in [0.2, 0.25) is 0 Å². The number of carbonyl (C=O) groups is 1. The van der Waals surface area contributed by atoms with Gasteiger partial charge < -0.3 is 9.72 Å². The average Bonchev–Trinajstić information content (AvgIpc) is 3.34. The van der Waals surface area contributed by atoms with Crippen molar-refractivity contribution in [2.24, 2.45) is 5.10 Å². The van der Waals surface area contributed by atoms with Crippen molar-refractivity contribution < 1.29 is 4.79 Å².